The summed E-state index contributed by atoms with van der Waals surface area (Å²) in [5, 5.41) is 24.6. The van der Waals surface area contributed by atoms with Crippen LogP contribution in [0, 0.1) is 30.2 Å². The van der Waals surface area contributed by atoms with Crippen LogP contribution in [0.2, 0.25) is 5.82 Å². The molecule has 0 bridgehead atoms. The van der Waals surface area contributed by atoms with Gasteiger partial charge in [0.2, 0.25) is 0 Å². The van der Waals surface area contributed by atoms with Crippen LogP contribution in [0.25, 0.3) is 11.3 Å². The molecule has 0 spiro atoms. The van der Waals surface area contributed by atoms with Crippen LogP contribution in [0.3, 0.4) is 0 Å². The number of nitrogens with two attached hydrogens (primary N) is 1. The summed E-state index contributed by atoms with van der Waals surface area (Å²) in [6, 6.07) is 9.48. The van der Waals surface area contributed by atoms with Crippen LogP contribution in [-0.2, 0) is 25.6 Å². The Morgan fingerprint density at radius 3 is 2.59 bits per heavy atom. The van der Waals surface area contributed by atoms with Gasteiger partial charge in [-0.3, -0.25) is 14.3 Å². The fourth-order valence-corrected chi connectivity index (χ4v) is 7.34. The maximum Gasteiger partial charge on any atom is 0.316 e. The third-order valence-electron chi connectivity index (χ3n) is 10.7. The van der Waals surface area contributed by atoms with E-state index < -0.39 is 41.2 Å². The van der Waals surface area contributed by atoms with Gasteiger partial charge in [0.05, 0.1) is 17.8 Å². The van der Waals surface area contributed by atoms with Crippen LogP contribution in [-0.4, -0.2) is 94.2 Å². The summed E-state index contributed by atoms with van der Waals surface area (Å²) in [6.07, 6.45) is 10.4. The zero-order chi connectivity index (χ0) is 36.5. The minimum atomic E-state index is -1.55. The lowest BCUT2D eigenvalue weighted by Crippen LogP contribution is -2.64. The smallest absolute Gasteiger partial charge is 0.316 e. The van der Waals surface area contributed by atoms with Gasteiger partial charge in [-0.05, 0) is 83.8 Å². The van der Waals surface area contributed by atoms with Crippen LogP contribution in [0.15, 0.2) is 30.5 Å². The molecule has 0 saturated carbocycles. The highest BCUT2D eigenvalue weighted by Gasteiger charge is 2.48. The van der Waals surface area contributed by atoms with E-state index in [-0.39, 0.29) is 23.6 Å². The molecule has 0 unspecified atom stereocenters. The summed E-state index contributed by atoms with van der Waals surface area (Å²) in [5.74, 6) is -2.24. The lowest BCUT2D eigenvalue weighted by atomic mass is 9.62. The van der Waals surface area contributed by atoms with Crippen LogP contribution < -0.4 is 11.1 Å². The summed E-state index contributed by atoms with van der Waals surface area (Å²) < 4.78 is 13.9. The van der Waals surface area contributed by atoms with Gasteiger partial charge in [0.15, 0.2) is 0 Å². The summed E-state index contributed by atoms with van der Waals surface area (Å²) in [5.41, 5.74) is 6.12. The fraction of sp³-hybridized carbons (Fsp3) is 0.676. The Balaban J connectivity index is 1.86. The first-order valence-corrected chi connectivity index (χ1v) is 17.8. The Hall–Kier alpha value is -3.40. The number of rotatable bonds is 10. The average Bonchev–Trinajstić information content (AvgIpc) is 3.55. The number of benzene rings is 1. The topological polar surface area (TPSA) is 145 Å². The predicted octanol–water partition coefficient (Wildman–Crippen LogP) is 3.72. The van der Waals surface area contributed by atoms with Gasteiger partial charge < -0.3 is 30.5 Å². The third-order valence-corrected chi connectivity index (χ3v) is 10.7. The maximum absolute atomic E-state index is 13.6. The number of aryl methyl sites for hydroxylation is 1. The van der Waals surface area contributed by atoms with E-state index in [1.165, 1.54) is 0 Å². The van der Waals surface area contributed by atoms with E-state index in [9.17, 15) is 14.7 Å². The second kappa shape index (κ2) is 17.5. The maximum atomic E-state index is 13.6. The Labute approximate surface area is 294 Å². The molecule has 1 fully saturated rings. The van der Waals surface area contributed by atoms with Crippen molar-refractivity contribution in [1.82, 2.24) is 25.2 Å². The largest absolute Gasteiger partial charge is 0.459 e. The summed E-state index contributed by atoms with van der Waals surface area (Å²) in [7, 11) is 3.69. The van der Waals surface area contributed by atoms with E-state index in [0.29, 0.717) is 44.6 Å². The van der Waals surface area contributed by atoms with Crippen molar-refractivity contribution in [2.45, 2.75) is 122 Å². The molecule has 0 aliphatic carbocycles. The Bertz CT molecular complexity index is 1430. The molecule has 270 valence electrons. The van der Waals surface area contributed by atoms with Gasteiger partial charge in [-0.2, -0.15) is 0 Å². The number of hydrogen-bond acceptors (Lipinski definition) is 10. The van der Waals surface area contributed by atoms with Crippen molar-refractivity contribution in [2.24, 2.45) is 17.8 Å². The molecule has 49 heavy (non-hydrogen) atoms. The van der Waals surface area contributed by atoms with Crippen LogP contribution in [0.1, 0.15) is 80.6 Å². The standard InChI is InChI=1S/C37H59BN6O5/c1-10-15-31-37(8,47)34(43(11-2)18-12-13-19-44-23-30(41-42-44)28-16-14-17-29(39)20-28)27(6)40-22-24(3)21-36(7,48-9)33(38)25(4)32(45)26(5)35(46)49-31/h2,14,16-17,20,23-27,31,33-34,40,47H,10,12-13,15,18-19,21-22,38-39H2,1,3-9H3/t24-,25+,26-,27-,31-,33-,34-,36-,37-/m1/s1. The lowest BCUT2D eigenvalue weighted by Gasteiger charge is -2.46. The molecule has 3 rings (SSSR count). The molecule has 4 N–H and O–H groups in total. The number of esters is 1. The molecule has 2 aromatic rings. The van der Waals surface area contributed by atoms with Crippen LogP contribution in [0.4, 0.5) is 5.69 Å². The predicted molar refractivity (Wildman–Crippen MR) is 196 cm³/mol. The van der Waals surface area contributed by atoms with Gasteiger partial charge in [-0.1, -0.05) is 51.0 Å². The zero-order valence-corrected chi connectivity index (χ0v) is 31.1. The summed E-state index contributed by atoms with van der Waals surface area (Å²) in [4.78, 5) is 29.0. The highest BCUT2D eigenvalue weighted by Crippen LogP contribution is 2.38. The number of nitrogens with zero attached hydrogens (tertiary/aromatic N) is 4. The Morgan fingerprint density at radius 1 is 1.24 bits per heavy atom. The molecule has 1 aliphatic rings. The fourth-order valence-electron chi connectivity index (χ4n) is 7.34. The van der Waals surface area contributed by atoms with Gasteiger partial charge >= 0.3 is 5.97 Å². The Morgan fingerprint density at radius 2 is 1.96 bits per heavy atom. The number of cyclic esters (lactones) is 1. The molecule has 0 amide bonds. The number of carbonyl (C=O) groups is 2. The average molecular weight is 679 g/mol. The number of ether oxygens (including phenoxy) is 2. The van der Waals surface area contributed by atoms with Crippen LogP contribution in [0.5, 0.6) is 0 Å². The van der Waals surface area contributed by atoms with E-state index >= 15 is 0 Å². The molecule has 1 aromatic carbocycles. The van der Waals surface area contributed by atoms with Gasteiger partial charge in [0.25, 0.3) is 0 Å². The van der Waals surface area contributed by atoms with Gasteiger partial charge in [0.1, 0.15) is 36.9 Å². The normalized spacial score (nSPS) is 32.0. The number of aliphatic hydroxyl groups is 1. The van der Waals surface area contributed by atoms with E-state index in [1.807, 2.05) is 70.9 Å². The number of aromatic nitrogens is 3. The molecule has 12 heteroatoms. The summed E-state index contributed by atoms with van der Waals surface area (Å²) in [6.45, 7) is 15.1. The Kier molecular flexibility index (Phi) is 14.3. The number of methoxy groups -OCH3 is 1. The molecular formula is C37H59BN6O5. The van der Waals surface area contributed by atoms with Crippen molar-refractivity contribution < 1.29 is 24.2 Å². The zero-order valence-electron chi connectivity index (χ0n) is 31.1. The molecule has 11 nitrogen and oxygen atoms in total. The summed E-state index contributed by atoms with van der Waals surface area (Å²) >= 11 is 0. The van der Waals surface area contributed by atoms with Gasteiger partial charge in [0, 0.05) is 49.5 Å². The molecule has 1 aliphatic heterocycles. The van der Waals surface area contributed by atoms with Crippen molar-refractivity contribution in [2.75, 3.05) is 25.9 Å². The number of nitrogen functional groups attached to an aromatic ring is 1. The monoisotopic (exact) mass is 678 g/mol. The molecule has 9 atom stereocenters. The highest BCUT2D eigenvalue weighted by molar-refractivity contribution is 6.15. The number of terminal acetylenes is 1. The van der Waals surface area contributed by atoms with Crippen molar-refractivity contribution in [1.29, 1.82) is 0 Å². The second-order valence-electron chi connectivity index (χ2n) is 14.6. The molecular weight excluding hydrogens is 619 g/mol. The van der Waals surface area contributed by atoms with Crippen LogP contribution >= 0.6 is 0 Å². The number of carbonyl (C=O) groups excluding carboxylic acids is 2. The van der Waals surface area contributed by atoms with E-state index in [4.69, 9.17) is 21.6 Å². The number of unbranched alkanes of at least 4 members (excludes halogenated alkanes) is 1. The first-order valence-electron chi connectivity index (χ1n) is 17.8. The number of Topliss-reactive ketones (excluding diaryl/α,β-unsaturated/α-hetero) is 1. The number of ketones is 1. The quantitative estimate of drug-likeness (QED) is 0.0647. The number of anilines is 1. The second-order valence-corrected chi connectivity index (χ2v) is 14.6. The molecule has 2 heterocycles. The molecule has 1 aromatic heterocycles. The van der Waals surface area contributed by atoms with E-state index in [1.54, 1.807) is 25.6 Å². The van der Waals surface area contributed by atoms with Crippen molar-refractivity contribution >= 4 is 25.3 Å². The highest BCUT2D eigenvalue weighted by atomic mass is 16.6. The molecule has 1 saturated heterocycles. The molecule has 0 radical (unpaired) electrons. The lowest BCUT2D eigenvalue weighted by molar-refractivity contribution is -0.178. The first-order chi connectivity index (χ1) is 23.1. The van der Waals surface area contributed by atoms with Crippen molar-refractivity contribution in [3.8, 4) is 23.7 Å². The SMILES string of the molecule is B[C@@H]1[C@@H](C)C(=O)[C@@H](C)C(=O)O[C@H](CCC)[C@@](C)(O)[C@H](N(C#C)CCCCn2cc(-c3cccc(N)c3)nn2)[C@@H](C)NC[C@H](C)C[C@@]1(C)OC. The first kappa shape index (κ1) is 40.0. The van der Waals surface area contributed by atoms with Crippen molar-refractivity contribution in [3.63, 3.8) is 0 Å². The minimum Gasteiger partial charge on any atom is -0.459 e. The van der Waals surface area contributed by atoms with E-state index in [2.05, 4.69) is 28.6 Å². The third kappa shape index (κ3) is 9.86. The number of nitrogens with one attached hydrogen (secondary N) is 1. The van der Waals surface area contributed by atoms with Gasteiger partial charge in [-0.15, -0.1) is 5.10 Å². The van der Waals surface area contributed by atoms with Gasteiger partial charge in [-0.25, -0.2) is 0 Å². The minimum absolute atomic E-state index is 0.147. The van der Waals surface area contributed by atoms with E-state index in [0.717, 1.165) is 24.1 Å². The van der Waals surface area contributed by atoms with Crippen molar-refractivity contribution in [3.05, 3.63) is 30.5 Å². The number of hydrogen-bond donors (Lipinski definition) is 3.